The van der Waals surface area contributed by atoms with Crippen molar-refractivity contribution >= 4 is 21.8 Å². The molecule has 3 aromatic rings. The van der Waals surface area contributed by atoms with E-state index in [1.54, 1.807) is 36.4 Å². The summed E-state index contributed by atoms with van der Waals surface area (Å²) in [7, 11) is -1.88. The molecule has 9 heteroatoms. The van der Waals surface area contributed by atoms with Crippen LogP contribution in [0.15, 0.2) is 63.9 Å². The number of amides is 1. The second-order valence-electron chi connectivity index (χ2n) is 5.90. The smallest absolute Gasteiger partial charge is 0.322 e. The third kappa shape index (κ3) is 4.74. The van der Waals surface area contributed by atoms with Crippen molar-refractivity contribution in [2.75, 3.05) is 18.2 Å². The van der Waals surface area contributed by atoms with Crippen LogP contribution in [0, 0.1) is 0 Å². The summed E-state index contributed by atoms with van der Waals surface area (Å²) >= 11 is 0. The Morgan fingerprint density at radius 1 is 1.07 bits per heavy atom. The minimum absolute atomic E-state index is 0.0123. The van der Waals surface area contributed by atoms with Crippen molar-refractivity contribution in [3.63, 3.8) is 0 Å². The molecule has 0 saturated carbocycles. The highest BCUT2D eigenvalue weighted by Crippen LogP contribution is 2.29. The summed E-state index contributed by atoms with van der Waals surface area (Å²) in [6, 6.07) is 15.2. The van der Waals surface area contributed by atoms with Crippen LogP contribution in [-0.2, 0) is 14.6 Å². The van der Waals surface area contributed by atoms with E-state index in [1.165, 1.54) is 19.2 Å². The molecule has 2 aromatic carbocycles. The van der Waals surface area contributed by atoms with E-state index >= 15 is 0 Å². The number of carbonyl (C=O) groups is 1. The van der Waals surface area contributed by atoms with Gasteiger partial charge in [-0.2, -0.15) is 0 Å². The van der Waals surface area contributed by atoms with Crippen LogP contribution in [0.3, 0.4) is 0 Å². The Hall–Kier alpha value is -3.20. The molecule has 1 N–H and O–H groups in total. The van der Waals surface area contributed by atoms with Crippen molar-refractivity contribution in [3.05, 3.63) is 54.6 Å². The van der Waals surface area contributed by atoms with Crippen molar-refractivity contribution in [2.45, 2.75) is 17.7 Å². The molecule has 0 bridgehead atoms. The van der Waals surface area contributed by atoms with Gasteiger partial charge in [0.2, 0.25) is 5.91 Å². The van der Waals surface area contributed by atoms with Gasteiger partial charge in [0.25, 0.3) is 5.89 Å². The number of aromatic nitrogens is 2. The molecule has 3 rings (SSSR count). The zero-order valence-corrected chi connectivity index (χ0v) is 16.0. The van der Waals surface area contributed by atoms with Gasteiger partial charge in [0.15, 0.2) is 9.84 Å². The van der Waals surface area contributed by atoms with Gasteiger partial charge in [-0.1, -0.05) is 35.4 Å². The van der Waals surface area contributed by atoms with Crippen LogP contribution >= 0.6 is 0 Å². The summed E-state index contributed by atoms with van der Waals surface area (Å²) in [6.45, 7) is 0. The number of hydrogen-bond acceptors (Lipinski definition) is 7. The summed E-state index contributed by atoms with van der Waals surface area (Å²) in [5, 5.41) is 10.2. The van der Waals surface area contributed by atoms with Gasteiger partial charge in [-0.05, 0) is 30.7 Å². The standard InChI is InChI=1S/C19H19N3O5S/c1-26-16-11-6-5-10-15(16)18-21-22-19(27-18)20-17(23)12-7-13-28(24,25)14-8-3-2-4-9-14/h2-6,8-11H,7,12-13H2,1H3,(H,20,22,23). The van der Waals surface area contributed by atoms with E-state index in [9.17, 15) is 13.2 Å². The average Bonchev–Trinajstić information content (AvgIpc) is 3.16. The number of sulfone groups is 1. The predicted octanol–water partition coefficient (Wildman–Crippen LogP) is 2.94. The van der Waals surface area contributed by atoms with Crippen LogP contribution in [0.25, 0.3) is 11.5 Å². The average molecular weight is 401 g/mol. The van der Waals surface area contributed by atoms with Crippen molar-refractivity contribution < 1.29 is 22.4 Å². The second kappa shape index (κ2) is 8.66. The molecule has 1 heterocycles. The lowest BCUT2D eigenvalue weighted by Gasteiger charge is -2.04. The maximum Gasteiger partial charge on any atom is 0.322 e. The molecule has 0 fully saturated rings. The van der Waals surface area contributed by atoms with E-state index in [0.717, 1.165) is 0 Å². The molecule has 0 aliphatic rings. The van der Waals surface area contributed by atoms with E-state index in [1.807, 2.05) is 6.07 Å². The van der Waals surface area contributed by atoms with Gasteiger partial charge in [-0.3, -0.25) is 10.1 Å². The van der Waals surface area contributed by atoms with Gasteiger partial charge >= 0.3 is 6.01 Å². The lowest BCUT2D eigenvalue weighted by molar-refractivity contribution is -0.116. The number of benzene rings is 2. The van der Waals surface area contributed by atoms with Crippen LogP contribution < -0.4 is 10.1 Å². The van der Waals surface area contributed by atoms with Gasteiger partial charge in [-0.25, -0.2) is 8.42 Å². The molecule has 1 amide bonds. The summed E-state index contributed by atoms with van der Waals surface area (Å²) in [5.41, 5.74) is 0.604. The summed E-state index contributed by atoms with van der Waals surface area (Å²) < 4.78 is 35.1. The van der Waals surface area contributed by atoms with Crippen LogP contribution in [0.2, 0.25) is 0 Å². The first-order valence-corrected chi connectivity index (χ1v) is 10.2. The fourth-order valence-corrected chi connectivity index (χ4v) is 3.89. The molecule has 0 radical (unpaired) electrons. The molecule has 0 unspecified atom stereocenters. The fraction of sp³-hybridized carbons (Fsp3) is 0.211. The van der Waals surface area contributed by atoms with E-state index in [0.29, 0.717) is 11.3 Å². The van der Waals surface area contributed by atoms with Gasteiger partial charge in [0, 0.05) is 6.42 Å². The third-order valence-electron chi connectivity index (χ3n) is 3.93. The lowest BCUT2D eigenvalue weighted by atomic mass is 10.2. The zero-order chi connectivity index (χ0) is 20.0. The Morgan fingerprint density at radius 3 is 2.54 bits per heavy atom. The van der Waals surface area contributed by atoms with Gasteiger partial charge in [-0.15, -0.1) is 5.10 Å². The number of nitrogens with one attached hydrogen (secondary N) is 1. The number of anilines is 1. The van der Waals surface area contributed by atoms with E-state index in [4.69, 9.17) is 9.15 Å². The molecule has 0 aliphatic carbocycles. The van der Waals surface area contributed by atoms with Crippen LogP contribution in [0.5, 0.6) is 5.75 Å². The number of rotatable bonds is 8. The quantitative estimate of drug-likeness (QED) is 0.618. The number of methoxy groups -OCH3 is 1. The molecular formula is C19H19N3O5S. The number of hydrogen-bond donors (Lipinski definition) is 1. The summed E-state index contributed by atoms with van der Waals surface area (Å²) in [5.74, 6) is 0.244. The van der Waals surface area contributed by atoms with E-state index in [2.05, 4.69) is 15.5 Å². The Labute approximate surface area is 162 Å². The van der Waals surface area contributed by atoms with Gasteiger partial charge in [0.05, 0.1) is 23.3 Å². The molecule has 0 aliphatic heterocycles. The summed E-state index contributed by atoms with van der Waals surface area (Å²) in [6.07, 6.45) is 0.189. The first-order valence-electron chi connectivity index (χ1n) is 8.54. The third-order valence-corrected chi connectivity index (χ3v) is 5.74. The van der Waals surface area contributed by atoms with Gasteiger partial charge < -0.3 is 9.15 Å². The van der Waals surface area contributed by atoms with E-state index in [-0.39, 0.29) is 35.4 Å². The number of para-hydroxylation sites is 1. The summed E-state index contributed by atoms with van der Waals surface area (Å²) in [4.78, 5) is 12.3. The van der Waals surface area contributed by atoms with Gasteiger partial charge in [0.1, 0.15) is 5.75 Å². The Bertz CT molecular complexity index is 1050. The highest BCUT2D eigenvalue weighted by atomic mass is 32.2. The van der Waals surface area contributed by atoms with Crippen LogP contribution in [-0.4, -0.2) is 37.4 Å². The topological polar surface area (TPSA) is 111 Å². The molecule has 8 nitrogen and oxygen atoms in total. The number of carbonyl (C=O) groups excluding carboxylic acids is 1. The Balaban J connectivity index is 1.55. The first-order chi connectivity index (χ1) is 13.5. The Morgan fingerprint density at radius 2 is 1.79 bits per heavy atom. The second-order valence-corrected chi connectivity index (χ2v) is 8.01. The minimum Gasteiger partial charge on any atom is -0.496 e. The minimum atomic E-state index is -3.41. The monoisotopic (exact) mass is 401 g/mol. The normalized spacial score (nSPS) is 11.2. The Kier molecular flexibility index (Phi) is 6.05. The maximum atomic E-state index is 12.2. The highest BCUT2D eigenvalue weighted by molar-refractivity contribution is 7.91. The number of nitrogens with zero attached hydrogens (tertiary/aromatic N) is 2. The predicted molar refractivity (Wildman–Crippen MR) is 103 cm³/mol. The maximum absolute atomic E-state index is 12.2. The largest absolute Gasteiger partial charge is 0.496 e. The molecule has 1 aromatic heterocycles. The van der Waals surface area contributed by atoms with E-state index < -0.39 is 15.7 Å². The first kappa shape index (κ1) is 19.6. The van der Waals surface area contributed by atoms with Crippen molar-refractivity contribution in [2.24, 2.45) is 0 Å². The fourth-order valence-electron chi connectivity index (χ4n) is 2.55. The lowest BCUT2D eigenvalue weighted by Crippen LogP contribution is -2.14. The van der Waals surface area contributed by atoms with Crippen LogP contribution in [0.1, 0.15) is 12.8 Å². The molecule has 146 valence electrons. The molecule has 0 saturated heterocycles. The molecule has 28 heavy (non-hydrogen) atoms. The SMILES string of the molecule is COc1ccccc1-c1nnc(NC(=O)CCCS(=O)(=O)c2ccccc2)o1. The van der Waals surface area contributed by atoms with Crippen molar-refractivity contribution in [1.82, 2.24) is 10.2 Å². The zero-order valence-electron chi connectivity index (χ0n) is 15.2. The number of ether oxygens (including phenoxy) is 1. The molecule has 0 spiro atoms. The van der Waals surface area contributed by atoms with Crippen LogP contribution in [0.4, 0.5) is 6.01 Å². The van der Waals surface area contributed by atoms with Crippen molar-refractivity contribution in [3.8, 4) is 17.2 Å². The molecule has 0 atom stereocenters. The van der Waals surface area contributed by atoms with Crippen molar-refractivity contribution in [1.29, 1.82) is 0 Å². The highest BCUT2D eigenvalue weighted by Gasteiger charge is 2.17. The molecular weight excluding hydrogens is 382 g/mol.